The van der Waals surface area contributed by atoms with Gasteiger partial charge in [0.2, 0.25) is 0 Å². The van der Waals surface area contributed by atoms with Crippen molar-refractivity contribution in [1.82, 2.24) is 9.78 Å². The zero-order valence-corrected chi connectivity index (χ0v) is 11.3. The maximum atomic E-state index is 12.6. The average molecular weight is 305 g/mol. The van der Waals surface area contributed by atoms with Crippen molar-refractivity contribution in [2.75, 3.05) is 0 Å². The second-order valence-corrected chi connectivity index (χ2v) is 4.83. The number of rotatable bonds is 3. The summed E-state index contributed by atoms with van der Waals surface area (Å²) in [6.07, 6.45) is -4.00. The van der Waals surface area contributed by atoms with Crippen molar-refractivity contribution in [3.8, 4) is 0 Å². The molecule has 0 fully saturated rings. The fourth-order valence-electron chi connectivity index (χ4n) is 1.99. The van der Waals surface area contributed by atoms with Crippen LogP contribution >= 0.6 is 11.6 Å². The number of hydrogen-bond acceptors (Lipinski definition) is 2. The van der Waals surface area contributed by atoms with E-state index in [9.17, 15) is 18.3 Å². The molecule has 0 aliphatic heterocycles. The summed E-state index contributed by atoms with van der Waals surface area (Å²) >= 11 is 5.89. The van der Waals surface area contributed by atoms with Gasteiger partial charge in [-0.15, -0.1) is 0 Å². The first kappa shape index (κ1) is 14.9. The molecular weight excluding hydrogens is 293 g/mol. The van der Waals surface area contributed by atoms with Crippen molar-refractivity contribution < 1.29 is 18.3 Å². The van der Waals surface area contributed by atoms with Crippen LogP contribution in [0.1, 0.15) is 22.9 Å². The highest BCUT2D eigenvalue weighted by Gasteiger charge is 2.30. The molecule has 0 aliphatic rings. The van der Waals surface area contributed by atoms with Crippen LogP contribution in [0.25, 0.3) is 0 Å². The Labute approximate surface area is 118 Å². The smallest absolute Gasteiger partial charge is 0.386 e. The van der Waals surface area contributed by atoms with Crippen molar-refractivity contribution in [2.24, 2.45) is 7.05 Å². The fourth-order valence-corrected chi connectivity index (χ4v) is 2.28. The van der Waals surface area contributed by atoms with Crippen LogP contribution in [-0.2, 0) is 19.6 Å². The molecule has 0 saturated carbocycles. The van der Waals surface area contributed by atoms with E-state index in [1.807, 2.05) is 0 Å². The zero-order valence-electron chi connectivity index (χ0n) is 10.5. The maximum absolute atomic E-state index is 12.6. The lowest BCUT2D eigenvalue weighted by Crippen LogP contribution is -2.10. The summed E-state index contributed by atoms with van der Waals surface area (Å²) < 4.78 is 39.2. The predicted molar refractivity (Wildman–Crippen MR) is 68.3 cm³/mol. The highest BCUT2D eigenvalue weighted by atomic mass is 35.5. The molecule has 1 heterocycles. The molecule has 1 unspecified atom stereocenters. The molecule has 1 N–H and O–H groups in total. The van der Waals surface area contributed by atoms with Crippen molar-refractivity contribution in [2.45, 2.75) is 18.7 Å². The number of halogens is 4. The molecule has 20 heavy (non-hydrogen) atoms. The summed E-state index contributed by atoms with van der Waals surface area (Å²) in [5.74, 6) is 0. The Morgan fingerprint density at radius 2 is 2.10 bits per heavy atom. The molecule has 1 aromatic carbocycles. The number of aliphatic hydroxyl groups excluding tert-OH is 1. The lowest BCUT2D eigenvalue weighted by atomic mass is 10.0. The first-order chi connectivity index (χ1) is 9.29. The molecule has 0 aliphatic carbocycles. The van der Waals surface area contributed by atoms with Crippen LogP contribution in [0.3, 0.4) is 0 Å². The number of nitrogens with zero attached hydrogens (tertiary/aromatic N) is 2. The summed E-state index contributed by atoms with van der Waals surface area (Å²) in [4.78, 5) is 0. The second kappa shape index (κ2) is 5.46. The molecule has 1 aromatic heterocycles. The first-order valence-electron chi connectivity index (χ1n) is 5.80. The van der Waals surface area contributed by atoms with Crippen LogP contribution in [0.4, 0.5) is 13.2 Å². The molecule has 1 atom stereocenters. The third-order valence-corrected chi connectivity index (χ3v) is 3.23. The lowest BCUT2D eigenvalue weighted by Gasteiger charge is -2.13. The van der Waals surface area contributed by atoms with Crippen molar-refractivity contribution in [1.29, 1.82) is 0 Å². The summed E-state index contributed by atoms with van der Waals surface area (Å²) in [6, 6.07) is 4.86. The maximum Gasteiger partial charge on any atom is 0.416 e. The number of aliphatic hydroxyl groups is 1. The third-order valence-electron chi connectivity index (χ3n) is 2.94. The molecule has 0 radical (unpaired) electrons. The van der Waals surface area contributed by atoms with Gasteiger partial charge in [-0.2, -0.15) is 18.3 Å². The van der Waals surface area contributed by atoms with E-state index >= 15 is 0 Å². The predicted octanol–water partition coefficient (Wildman–Crippen LogP) is 3.37. The Balaban J connectivity index is 2.22. The average Bonchev–Trinajstić information content (AvgIpc) is 2.68. The number of aryl methyl sites for hydroxylation is 1. The van der Waals surface area contributed by atoms with Gasteiger partial charge in [0.25, 0.3) is 0 Å². The van der Waals surface area contributed by atoms with Gasteiger partial charge in [-0.3, -0.25) is 4.68 Å². The van der Waals surface area contributed by atoms with E-state index in [4.69, 9.17) is 11.6 Å². The number of hydrogen-bond donors (Lipinski definition) is 1. The van der Waals surface area contributed by atoms with Crippen LogP contribution in [0, 0.1) is 0 Å². The largest absolute Gasteiger partial charge is 0.416 e. The van der Waals surface area contributed by atoms with Gasteiger partial charge in [-0.1, -0.05) is 29.8 Å². The van der Waals surface area contributed by atoms with Crippen molar-refractivity contribution in [3.63, 3.8) is 0 Å². The Bertz CT molecular complexity index is 590. The van der Waals surface area contributed by atoms with Gasteiger partial charge in [0, 0.05) is 13.5 Å². The molecule has 2 rings (SSSR count). The van der Waals surface area contributed by atoms with Crippen LogP contribution < -0.4 is 0 Å². The molecule has 7 heteroatoms. The Morgan fingerprint density at radius 3 is 2.65 bits per heavy atom. The monoisotopic (exact) mass is 304 g/mol. The van der Waals surface area contributed by atoms with Crippen molar-refractivity contribution in [3.05, 3.63) is 52.3 Å². The Hall–Kier alpha value is -1.53. The summed E-state index contributed by atoms with van der Waals surface area (Å²) in [6.45, 7) is 0. The molecular formula is C13H12ClF3N2O. The summed E-state index contributed by atoms with van der Waals surface area (Å²) in [5.41, 5.74) is 0.0203. The van der Waals surface area contributed by atoms with Crippen molar-refractivity contribution >= 4 is 11.6 Å². The van der Waals surface area contributed by atoms with Crippen LogP contribution in [0.15, 0.2) is 30.5 Å². The Kier molecular flexibility index (Phi) is 4.06. The van der Waals surface area contributed by atoms with E-state index in [0.29, 0.717) is 11.3 Å². The van der Waals surface area contributed by atoms with Gasteiger partial charge in [-0.25, -0.2) is 0 Å². The second-order valence-electron chi connectivity index (χ2n) is 4.42. The lowest BCUT2D eigenvalue weighted by molar-refractivity contribution is -0.137. The first-order valence-corrected chi connectivity index (χ1v) is 6.18. The molecule has 108 valence electrons. The quantitative estimate of drug-likeness (QED) is 0.944. The normalized spacial score (nSPS) is 13.5. The van der Waals surface area contributed by atoms with Gasteiger partial charge in [0.15, 0.2) is 0 Å². The summed E-state index contributed by atoms with van der Waals surface area (Å²) in [5, 5.41) is 14.3. The minimum atomic E-state index is -4.40. The SMILES string of the molecule is Cn1ncc(Cl)c1C(O)Cc1cccc(C(F)(F)F)c1. The van der Waals surface area contributed by atoms with Gasteiger partial charge in [0.1, 0.15) is 6.10 Å². The topological polar surface area (TPSA) is 38.0 Å². The van der Waals surface area contributed by atoms with Crippen LogP contribution in [0.2, 0.25) is 5.02 Å². The molecule has 0 amide bonds. The molecule has 0 spiro atoms. The van der Waals surface area contributed by atoms with Crippen LogP contribution in [0.5, 0.6) is 0 Å². The highest BCUT2D eigenvalue weighted by Crippen LogP contribution is 2.31. The molecule has 3 nitrogen and oxygen atoms in total. The minimum absolute atomic E-state index is 0.0309. The van der Waals surface area contributed by atoms with Gasteiger partial charge in [0.05, 0.1) is 22.5 Å². The van der Waals surface area contributed by atoms with E-state index in [0.717, 1.165) is 12.1 Å². The molecule has 0 bridgehead atoms. The third kappa shape index (κ3) is 3.13. The van der Waals surface area contributed by atoms with Gasteiger partial charge in [-0.05, 0) is 11.6 Å². The van der Waals surface area contributed by atoms with E-state index < -0.39 is 17.8 Å². The fraction of sp³-hybridized carbons (Fsp3) is 0.308. The minimum Gasteiger partial charge on any atom is -0.386 e. The molecule has 0 saturated heterocycles. The standard InChI is InChI=1S/C13H12ClF3N2O/c1-19-12(10(14)7-18-19)11(20)6-8-3-2-4-9(5-8)13(15,16)17/h2-5,7,11,20H,6H2,1H3. The molecule has 2 aromatic rings. The highest BCUT2D eigenvalue weighted by molar-refractivity contribution is 6.31. The number of benzene rings is 1. The Morgan fingerprint density at radius 1 is 1.40 bits per heavy atom. The summed E-state index contributed by atoms with van der Waals surface area (Å²) in [7, 11) is 1.61. The van der Waals surface area contributed by atoms with Gasteiger partial charge < -0.3 is 5.11 Å². The number of aromatic nitrogens is 2. The van der Waals surface area contributed by atoms with Crippen LogP contribution in [-0.4, -0.2) is 14.9 Å². The van der Waals surface area contributed by atoms with E-state index in [-0.39, 0.29) is 11.4 Å². The van der Waals surface area contributed by atoms with E-state index in [2.05, 4.69) is 5.10 Å². The zero-order chi connectivity index (χ0) is 14.9. The van der Waals surface area contributed by atoms with E-state index in [1.54, 1.807) is 7.05 Å². The number of alkyl halides is 3. The van der Waals surface area contributed by atoms with E-state index in [1.165, 1.54) is 23.0 Å². The van der Waals surface area contributed by atoms with Gasteiger partial charge >= 0.3 is 6.18 Å².